The van der Waals surface area contributed by atoms with Crippen molar-refractivity contribution < 1.29 is 18.7 Å². The van der Waals surface area contributed by atoms with Gasteiger partial charge < -0.3 is 9.52 Å². The zero-order valence-electron chi connectivity index (χ0n) is 9.11. The third-order valence-corrected chi connectivity index (χ3v) is 2.30. The van der Waals surface area contributed by atoms with Crippen LogP contribution < -0.4 is 0 Å². The minimum absolute atomic E-state index is 0.134. The van der Waals surface area contributed by atoms with Gasteiger partial charge in [-0.3, -0.25) is 4.79 Å². The van der Waals surface area contributed by atoms with Gasteiger partial charge in [-0.1, -0.05) is 0 Å². The van der Waals surface area contributed by atoms with E-state index in [-0.39, 0.29) is 18.1 Å². The zero-order chi connectivity index (χ0) is 12.4. The Morgan fingerprint density at radius 1 is 1.53 bits per heavy atom. The Bertz CT molecular complexity index is 563. The summed E-state index contributed by atoms with van der Waals surface area (Å²) >= 11 is 0. The van der Waals surface area contributed by atoms with Gasteiger partial charge in [-0.2, -0.15) is 0 Å². The second kappa shape index (κ2) is 4.37. The number of halogens is 1. The first-order valence-corrected chi connectivity index (χ1v) is 4.99. The van der Waals surface area contributed by atoms with Gasteiger partial charge >= 0.3 is 5.97 Å². The monoisotopic (exact) mass is 235 g/mol. The molecule has 2 rings (SSSR count). The van der Waals surface area contributed by atoms with Crippen LogP contribution in [0.3, 0.4) is 0 Å². The van der Waals surface area contributed by atoms with Gasteiger partial charge in [-0.25, -0.2) is 9.37 Å². The number of benzene rings is 1. The SMILES string of the molecule is Cc1cc(-c2cnc(CC(=O)O)o2)ccc1F. The fourth-order valence-corrected chi connectivity index (χ4v) is 1.45. The van der Waals surface area contributed by atoms with Gasteiger partial charge in [0.15, 0.2) is 5.76 Å². The Hall–Kier alpha value is -2.17. The van der Waals surface area contributed by atoms with E-state index in [4.69, 9.17) is 9.52 Å². The lowest BCUT2D eigenvalue weighted by molar-refractivity contribution is -0.136. The molecule has 0 saturated heterocycles. The highest BCUT2D eigenvalue weighted by atomic mass is 19.1. The van der Waals surface area contributed by atoms with E-state index in [9.17, 15) is 9.18 Å². The van der Waals surface area contributed by atoms with Crippen LogP contribution in [0.2, 0.25) is 0 Å². The molecule has 0 spiro atoms. The van der Waals surface area contributed by atoms with E-state index >= 15 is 0 Å². The molecule has 0 unspecified atom stereocenters. The molecule has 2 aromatic rings. The number of aryl methyl sites for hydroxylation is 1. The van der Waals surface area contributed by atoms with Crippen LogP contribution in [0, 0.1) is 12.7 Å². The molecule has 0 fully saturated rings. The number of aliphatic carboxylic acids is 1. The summed E-state index contributed by atoms with van der Waals surface area (Å²) < 4.78 is 18.3. The summed E-state index contributed by atoms with van der Waals surface area (Å²) in [6.45, 7) is 1.65. The molecule has 0 aliphatic rings. The van der Waals surface area contributed by atoms with Crippen LogP contribution in [0.25, 0.3) is 11.3 Å². The topological polar surface area (TPSA) is 63.3 Å². The van der Waals surface area contributed by atoms with Crippen LogP contribution in [0.15, 0.2) is 28.8 Å². The van der Waals surface area contributed by atoms with E-state index < -0.39 is 5.97 Å². The number of carboxylic acid groups (broad SMARTS) is 1. The molecule has 0 aliphatic heterocycles. The predicted octanol–water partition coefficient (Wildman–Crippen LogP) is 2.42. The van der Waals surface area contributed by atoms with Crippen molar-refractivity contribution in [3.63, 3.8) is 0 Å². The third-order valence-electron chi connectivity index (χ3n) is 2.30. The maximum absolute atomic E-state index is 13.1. The van der Waals surface area contributed by atoms with Gasteiger partial charge in [0, 0.05) is 5.56 Å². The first kappa shape index (κ1) is 11.3. The summed E-state index contributed by atoms with van der Waals surface area (Å²) in [5.74, 6) is -0.730. The molecule has 1 N–H and O–H groups in total. The summed E-state index contributed by atoms with van der Waals surface area (Å²) in [5.41, 5.74) is 1.17. The molecule has 5 heteroatoms. The van der Waals surface area contributed by atoms with Gasteiger partial charge in [-0.15, -0.1) is 0 Å². The van der Waals surface area contributed by atoms with Gasteiger partial charge in [0.1, 0.15) is 12.2 Å². The van der Waals surface area contributed by atoms with Crippen molar-refractivity contribution >= 4 is 5.97 Å². The molecule has 1 aromatic carbocycles. The van der Waals surface area contributed by atoms with Crippen molar-refractivity contribution in [1.29, 1.82) is 0 Å². The number of hydrogen-bond acceptors (Lipinski definition) is 3. The predicted molar refractivity (Wildman–Crippen MR) is 58.0 cm³/mol. The van der Waals surface area contributed by atoms with E-state index in [1.54, 1.807) is 19.1 Å². The number of carboxylic acids is 1. The number of nitrogens with zero attached hydrogens (tertiary/aromatic N) is 1. The second-order valence-electron chi connectivity index (χ2n) is 3.65. The Morgan fingerprint density at radius 2 is 2.29 bits per heavy atom. The van der Waals surface area contributed by atoms with Crippen LogP contribution >= 0.6 is 0 Å². The first-order chi connectivity index (χ1) is 8.06. The molecule has 1 heterocycles. The van der Waals surface area contributed by atoms with E-state index in [1.807, 2.05) is 0 Å². The summed E-state index contributed by atoms with van der Waals surface area (Å²) in [4.78, 5) is 14.3. The highest BCUT2D eigenvalue weighted by molar-refractivity contribution is 5.69. The Kier molecular flexibility index (Phi) is 2.91. The molecule has 0 amide bonds. The van der Waals surface area contributed by atoms with Crippen molar-refractivity contribution in [2.24, 2.45) is 0 Å². The zero-order valence-corrected chi connectivity index (χ0v) is 9.11. The third kappa shape index (κ3) is 2.50. The van der Waals surface area contributed by atoms with Gasteiger partial charge in [0.25, 0.3) is 0 Å². The quantitative estimate of drug-likeness (QED) is 0.887. The largest absolute Gasteiger partial charge is 0.481 e. The van der Waals surface area contributed by atoms with Crippen LogP contribution in [-0.4, -0.2) is 16.1 Å². The summed E-state index contributed by atoms with van der Waals surface area (Å²) in [7, 11) is 0. The highest BCUT2D eigenvalue weighted by Crippen LogP contribution is 2.22. The lowest BCUT2D eigenvalue weighted by atomic mass is 10.1. The normalized spacial score (nSPS) is 10.5. The molecule has 1 aromatic heterocycles. The van der Waals surface area contributed by atoms with Crippen LogP contribution in [0.5, 0.6) is 0 Å². The molecule has 88 valence electrons. The lowest BCUT2D eigenvalue weighted by Crippen LogP contribution is -1.99. The molecule has 0 bridgehead atoms. The van der Waals surface area contributed by atoms with E-state index in [2.05, 4.69) is 4.98 Å². The maximum atomic E-state index is 13.1. The molecule has 17 heavy (non-hydrogen) atoms. The molecule has 0 aliphatic carbocycles. The Morgan fingerprint density at radius 3 is 2.94 bits per heavy atom. The minimum atomic E-state index is -1.01. The van der Waals surface area contributed by atoms with Crippen molar-refractivity contribution in [3.05, 3.63) is 41.7 Å². The van der Waals surface area contributed by atoms with Gasteiger partial charge in [0.05, 0.1) is 6.20 Å². The molecule has 0 saturated carbocycles. The standard InChI is InChI=1S/C12H10FNO3/c1-7-4-8(2-3-9(7)13)10-6-14-11(17-10)5-12(15)16/h2-4,6H,5H2,1H3,(H,15,16). The molecule has 4 nitrogen and oxygen atoms in total. The first-order valence-electron chi connectivity index (χ1n) is 4.99. The van der Waals surface area contributed by atoms with Crippen molar-refractivity contribution in [1.82, 2.24) is 4.98 Å². The van der Waals surface area contributed by atoms with Crippen molar-refractivity contribution in [2.75, 3.05) is 0 Å². The van der Waals surface area contributed by atoms with Gasteiger partial charge in [-0.05, 0) is 30.7 Å². The van der Waals surface area contributed by atoms with Gasteiger partial charge in [0.2, 0.25) is 5.89 Å². The molecule has 0 radical (unpaired) electrons. The summed E-state index contributed by atoms with van der Waals surface area (Å²) in [5, 5.41) is 8.58. The summed E-state index contributed by atoms with van der Waals surface area (Å²) in [6.07, 6.45) is 1.17. The maximum Gasteiger partial charge on any atom is 0.312 e. The molecular formula is C12H10FNO3. The number of aromatic nitrogens is 1. The number of carbonyl (C=O) groups is 1. The van der Waals surface area contributed by atoms with Crippen molar-refractivity contribution in [2.45, 2.75) is 13.3 Å². The van der Waals surface area contributed by atoms with Crippen LogP contribution in [0.4, 0.5) is 4.39 Å². The number of hydrogen-bond donors (Lipinski definition) is 1. The lowest BCUT2D eigenvalue weighted by Gasteiger charge is -1.99. The van der Waals surface area contributed by atoms with Crippen LogP contribution in [0.1, 0.15) is 11.5 Å². The average molecular weight is 235 g/mol. The van der Waals surface area contributed by atoms with E-state index in [0.717, 1.165) is 0 Å². The Balaban J connectivity index is 2.30. The average Bonchev–Trinajstić information content (AvgIpc) is 2.69. The number of rotatable bonds is 3. The second-order valence-corrected chi connectivity index (χ2v) is 3.65. The molecule has 0 atom stereocenters. The van der Waals surface area contributed by atoms with Crippen molar-refractivity contribution in [3.8, 4) is 11.3 Å². The fraction of sp³-hybridized carbons (Fsp3) is 0.167. The summed E-state index contributed by atoms with van der Waals surface area (Å²) in [6, 6.07) is 4.53. The number of oxazole rings is 1. The van der Waals surface area contributed by atoms with Crippen LogP contribution in [-0.2, 0) is 11.2 Å². The Labute approximate surface area is 96.7 Å². The van der Waals surface area contributed by atoms with E-state index in [0.29, 0.717) is 16.9 Å². The smallest absolute Gasteiger partial charge is 0.312 e. The van der Waals surface area contributed by atoms with E-state index in [1.165, 1.54) is 12.3 Å². The minimum Gasteiger partial charge on any atom is -0.481 e. The highest BCUT2D eigenvalue weighted by Gasteiger charge is 2.10. The molecular weight excluding hydrogens is 225 g/mol. The fourth-order valence-electron chi connectivity index (χ4n) is 1.45.